The second-order valence-electron chi connectivity index (χ2n) is 3.49. The highest BCUT2D eigenvalue weighted by atomic mass is 15.3. The summed E-state index contributed by atoms with van der Waals surface area (Å²) in [6.07, 6.45) is 9.01. The molecular weight excluding hydrogens is 200 g/mol. The Morgan fingerprint density at radius 2 is 2.25 bits per heavy atom. The van der Waals surface area contributed by atoms with E-state index in [2.05, 4.69) is 28.1 Å². The van der Waals surface area contributed by atoms with Crippen LogP contribution in [0.1, 0.15) is 25.2 Å². The monoisotopic (exact) mass is 214 g/mol. The van der Waals surface area contributed by atoms with Gasteiger partial charge in [-0.25, -0.2) is 0 Å². The molecule has 82 valence electrons. The summed E-state index contributed by atoms with van der Waals surface area (Å²) in [5.41, 5.74) is 3.07. The average Bonchev–Trinajstić information content (AvgIpc) is 2.77. The molecule has 0 bridgehead atoms. The first-order valence-corrected chi connectivity index (χ1v) is 5.27. The van der Waals surface area contributed by atoms with Crippen molar-refractivity contribution in [1.82, 2.24) is 19.7 Å². The molecule has 0 aliphatic heterocycles. The summed E-state index contributed by atoms with van der Waals surface area (Å²) in [5.74, 6) is 0. The SMILES string of the molecule is CCn1nccc1/C=C(/C)c1cnccn1. The Labute approximate surface area is 94.7 Å². The van der Waals surface area contributed by atoms with Gasteiger partial charge in [0.1, 0.15) is 0 Å². The van der Waals surface area contributed by atoms with Crippen LogP contribution in [0.4, 0.5) is 0 Å². The minimum Gasteiger partial charge on any atom is -0.266 e. The molecule has 0 fully saturated rings. The molecule has 0 N–H and O–H groups in total. The standard InChI is InChI=1S/C12H14N4/c1-3-16-11(4-5-15-16)8-10(2)12-9-13-6-7-14-12/h4-9H,3H2,1-2H3/b10-8-. The Balaban J connectivity index is 2.31. The minimum absolute atomic E-state index is 0.868. The van der Waals surface area contributed by atoms with Crippen LogP contribution in [0.15, 0.2) is 30.9 Å². The molecular formula is C12H14N4. The van der Waals surface area contributed by atoms with Gasteiger partial charge in [-0.1, -0.05) is 0 Å². The maximum Gasteiger partial charge on any atom is 0.0842 e. The molecule has 0 aliphatic rings. The van der Waals surface area contributed by atoms with Crippen LogP contribution in [0.2, 0.25) is 0 Å². The molecule has 0 aromatic carbocycles. The van der Waals surface area contributed by atoms with Crippen molar-refractivity contribution < 1.29 is 0 Å². The van der Waals surface area contributed by atoms with Crippen LogP contribution in [0.3, 0.4) is 0 Å². The Bertz CT molecular complexity index is 485. The molecule has 0 unspecified atom stereocenters. The average molecular weight is 214 g/mol. The first kappa shape index (κ1) is 10.5. The lowest BCUT2D eigenvalue weighted by atomic mass is 10.2. The van der Waals surface area contributed by atoms with E-state index in [0.29, 0.717) is 0 Å². The molecule has 16 heavy (non-hydrogen) atoms. The molecule has 0 radical (unpaired) electrons. The normalized spacial score (nSPS) is 11.8. The van der Waals surface area contributed by atoms with Crippen molar-refractivity contribution >= 4 is 11.6 Å². The van der Waals surface area contributed by atoms with Crippen molar-refractivity contribution in [2.24, 2.45) is 0 Å². The summed E-state index contributed by atoms with van der Waals surface area (Å²) in [6, 6.07) is 1.99. The topological polar surface area (TPSA) is 43.6 Å². The minimum atomic E-state index is 0.868. The fourth-order valence-corrected chi connectivity index (χ4v) is 1.53. The van der Waals surface area contributed by atoms with Gasteiger partial charge >= 0.3 is 0 Å². The summed E-state index contributed by atoms with van der Waals surface area (Å²) in [5, 5.41) is 4.22. The zero-order valence-electron chi connectivity index (χ0n) is 9.46. The van der Waals surface area contributed by atoms with E-state index >= 15 is 0 Å². The molecule has 2 rings (SSSR count). The van der Waals surface area contributed by atoms with Crippen molar-refractivity contribution in [1.29, 1.82) is 0 Å². The maximum atomic E-state index is 4.25. The molecule has 0 atom stereocenters. The lowest BCUT2D eigenvalue weighted by Crippen LogP contribution is -1.98. The van der Waals surface area contributed by atoms with E-state index in [-0.39, 0.29) is 0 Å². The van der Waals surface area contributed by atoms with E-state index in [1.807, 2.05) is 17.7 Å². The van der Waals surface area contributed by atoms with E-state index in [4.69, 9.17) is 0 Å². The molecule has 0 amide bonds. The fraction of sp³-hybridized carbons (Fsp3) is 0.250. The highest BCUT2D eigenvalue weighted by molar-refractivity contribution is 5.77. The lowest BCUT2D eigenvalue weighted by molar-refractivity contribution is 0.654. The van der Waals surface area contributed by atoms with Crippen molar-refractivity contribution in [3.05, 3.63) is 42.2 Å². The number of rotatable bonds is 3. The van der Waals surface area contributed by atoms with Crippen molar-refractivity contribution in [3.63, 3.8) is 0 Å². The summed E-state index contributed by atoms with van der Waals surface area (Å²) in [6.45, 7) is 4.96. The van der Waals surface area contributed by atoms with Crippen molar-refractivity contribution in [2.45, 2.75) is 20.4 Å². The lowest BCUT2D eigenvalue weighted by Gasteiger charge is -2.02. The van der Waals surface area contributed by atoms with Gasteiger partial charge in [-0.15, -0.1) is 0 Å². The zero-order chi connectivity index (χ0) is 11.4. The van der Waals surface area contributed by atoms with Gasteiger partial charge in [0.25, 0.3) is 0 Å². The molecule has 2 heterocycles. The van der Waals surface area contributed by atoms with Crippen LogP contribution in [0.25, 0.3) is 11.6 Å². The Morgan fingerprint density at radius 3 is 2.94 bits per heavy atom. The maximum absolute atomic E-state index is 4.25. The van der Waals surface area contributed by atoms with Crippen molar-refractivity contribution in [3.8, 4) is 0 Å². The smallest absolute Gasteiger partial charge is 0.0842 e. The summed E-state index contributed by atoms with van der Waals surface area (Å²) >= 11 is 0. The molecule has 2 aromatic rings. The Morgan fingerprint density at radius 1 is 1.38 bits per heavy atom. The van der Waals surface area contributed by atoms with Gasteiger partial charge in [0.05, 0.1) is 17.6 Å². The first-order valence-electron chi connectivity index (χ1n) is 5.27. The second-order valence-corrected chi connectivity index (χ2v) is 3.49. The van der Waals surface area contributed by atoms with E-state index in [0.717, 1.165) is 23.5 Å². The predicted octanol–water partition coefficient (Wildman–Crippen LogP) is 2.25. The number of hydrogen-bond acceptors (Lipinski definition) is 3. The van der Waals surface area contributed by atoms with Gasteiger partial charge in [-0.05, 0) is 31.6 Å². The summed E-state index contributed by atoms with van der Waals surface area (Å²) in [7, 11) is 0. The van der Waals surface area contributed by atoms with Gasteiger partial charge < -0.3 is 0 Å². The molecule has 0 saturated carbocycles. The number of aryl methyl sites for hydroxylation is 1. The third-order valence-electron chi connectivity index (χ3n) is 2.38. The molecule has 0 aliphatic carbocycles. The molecule has 2 aromatic heterocycles. The van der Waals surface area contributed by atoms with Crippen LogP contribution >= 0.6 is 0 Å². The third-order valence-corrected chi connectivity index (χ3v) is 2.38. The van der Waals surface area contributed by atoms with Gasteiger partial charge in [0.2, 0.25) is 0 Å². The zero-order valence-corrected chi connectivity index (χ0v) is 9.46. The number of nitrogens with zero attached hydrogens (tertiary/aromatic N) is 4. The van der Waals surface area contributed by atoms with E-state index in [9.17, 15) is 0 Å². The largest absolute Gasteiger partial charge is 0.266 e. The molecule has 0 spiro atoms. The van der Waals surface area contributed by atoms with Gasteiger partial charge in [-0.3, -0.25) is 14.6 Å². The predicted molar refractivity (Wildman–Crippen MR) is 63.5 cm³/mol. The van der Waals surface area contributed by atoms with Crippen LogP contribution in [0, 0.1) is 0 Å². The van der Waals surface area contributed by atoms with Crippen LogP contribution in [0.5, 0.6) is 0 Å². The van der Waals surface area contributed by atoms with Crippen LogP contribution < -0.4 is 0 Å². The quantitative estimate of drug-likeness (QED) is 0.787. The fourth-order valence-electron chi connectivity index (χ4n) is 1.53. The molecule has 0 saturated heterocycles. The van der Waals surface area contributed by atoms with E-state index in [1.54, 1.807) is 24.8 Å². The van der Waals surface area contributed by atoms with Crippen LogP contribution in [-0.4, -0.2) is 19.7 Å². The number of aromatic nitrogens is 4. The number of hydrogen-bond donors (Lipinski definition) is 0. The third kappa shape index (κ3) is 2.16. The van der Waals surface area contributed by atoms with E-state index in [1.165, 1.54) is 0 Å². The second kappa shape index (κ2) is 4.70. The number of allylic oxidation sites excluding steroid dienone is 1. The van der Waals surface area contributed by atoms with Crippen LogP contribution in [-0.2, 0) is 6.54 Å². The van der Waals surface area contributed by atoms with E-state index < -0.39 is 0 Å². The highest BCUT2D eigenvalue weighted by Crippen LogP contribution is 2.14. The van der Waals surface area contributed by atoms with Crippen molar-refractivity contribution in [2.75, 3.05) is 0 Å². The highest BCUT2D eigenvalue weighted by Gasteiger charge is 2.00. The molecule has 4 nitrogen and oxygen atoms in total. The van der Waals surface area contributed by atoms with Gasteiger partial charge in [0, 0.05) is 25.1 Å². The van der Waals surface area contributed by atoms with Gasteiger partial charge in [-0.2, -0.15) is 5.10 Å². The Kier molecular flexibility index (Phi) is 3.10. The molecule has 4 heteroatoms. The first-order chi connectivity index (χ1) is 7.81. The van der Waals surface area contributed by atoms with Gasteiger partial charge in [0.15, 0.2) is 0 Å². The summed E-state index contributed by atoms with van der Waals surface area (Å²) < 4.78 is 1.94. The summed E-state index contributed by atoms with van der Waals surface area (Å²) in [4.78, 5) is 8.31. The Hall–Kier alpha value is -1.97.